The SMILES string of the molecule is CC(CO)N(C)CC(=O)NCC1(c2ccccc2)CCCC1. The molecule has 1 aromatic rings. The molecule has 1 aliphatic carbocycles. The van der Waals surface area contributed by atoms with Crippen LogP contribution in [0.1, 0.15) is 38.2 Å². The molecule has 2 rings (SSSR count). The summed E-state index contributed by atoms with van der Waals surface area (Å²) in [7, 11) is 1.86. The Morgan fingerprint density at radius 3 is 2.55 bits per heavy atom. The zero-order chi connectivity index (χ0) is 16.0. The van der Waals surface area contributed by atoms with Crippen LogP contribution in [0.15, 0.2) is 30.3 Å². The van der Waals surface area contributed by atoms with Crippen LogP contribution < -0.4 is 5.32 Å². The molecule has 122 valence electrons. The molecule has 0 saturated heterocycles. The molecule has 22 heavy (non-hydrogen) atoms. The van der Waals surface area contributed by atoms with Gasteiger partial charge in [-0.15, -0.1) is 0 Å². The Hall–Kier alpha value is -1.39. The number of likely N-dealkylation sites (N-methyl/N-ethyl adjacent to an activating group) is 1. The van der Waals surface area contributed by atoms with E-state index in [4.69, 9.17) is 5.11 Å². The van der Waals surface area contributed by atoms with Crippen molar-refractivity contribution in [1.82, 2.24) is 10.2 Å². The fourth-order valence-corrected chi connectivity index (χ4v) is 3.26. The lowest BCUT2D eigenvalue weighted by atomic mass is 9.79. The van der Waals surface area contributed by atoms with Gasteiger partial charge in [-0.1, -0.05) is 43.2 Å². The Bertz CT molecular complexity index is 469. The molecule has 1 unspecified atom stereocenters. The van der Waals surface area contributed by atoms with Gasteiger partial charge in [0.2, 0.25) is 5.91 Å². The number of nitrogens with one attached hydrogen (secondary N) is 1. The van der Waals surface area contributed by atoms with Crippen LogP contribution in [0, 0.1) is 0 Å². The van der Waals surface area contributed by atoms with Gasteiger partial charge in [0.05, 0.1) is 13.2 Å². The number of amides is 1. The van der Waals surface area contributed by atoms with Crippen molar-refractivity contribution in [2.24, 2.45) is 0 Å². The van der Waals surface area contributed by atoms with Crippen molar-refractivity contribution >= 4 is 5.91 Å². The number of hydrogen-bond donors (Lipinski definition) is 2. The number of rotatable bonds is 7. The molecule has 2 N–H and O–H groups in total. The van der Waals surface area contributed by atoms with E-state index in [2.05, 4.69) is 29.6 Å². The first kappa shape index (κ1) is 17.0. The molecule has 4 nitrogen and oxygen atoms in total. The standard InChI is InChI=1S/C18H28N2O2/c1-15(13-21)20(2)12-17(22)19-14-18(10-6-7-11-18)16-8-4-3-5-9-16/h3-5,8-9,15,21H,6-7,10-14H2,1-2H3,(H,19,22). The lowest BCUT2D eigenvalue weighted by molar-refractivity contribution is -0.122. The highest BCUT2D eigenvalue weighted by Crippen LogP contribution is 2.40. The van der Waals surface area contributed by atoms with Crippen LogP contribution in [-0.4, -0.2) is 48.7 Å². The second-order valence-electron chi connectivity index (χ2n) is 6.58. The second kappa shape index (κ2) is 7.75. The van der Waals surface area contributed by atoms with E-state index in [1.807, 2.05) is 24.9 Å². The molecule has 0 bridgehead atoms. The Balaban J connectivity index is 1.94. The van der Waals surface area contributed by atoms with Gasteiger partial charge in [0.25, 0.3) is 0 Å². The maximum absolute atomic E-state index is 12.2. The maximum Gasteiger partial charge on any atom is 0.234 e. The number of carbonyl (C=O) groups excluding carboxylic acids is 1. The number of aliphatic hydroxyl groups is 1. The monoisotopic (exact) mass is 304 g/mol. The van der Waals surface area contributed by atoms with E-state index in [9.17, 15) is 4.79 Å². The van der Waals surface area contributed by atoms with Gasteiger partial charge in [0.1, 0.15) is 0 Å². The predicted molar refractivity (Wildman–Crippen MR) is 88.8 cm³/mol. The molecular weight excluding hydrogens is 276 g/mol. The Labute approximate surface area is 133 Å². The summed E-state index contributed by atoms with van der Waals surface area (Å²) in [5.74, 6) is 0.0324. The zero-order valence-electron chi connectivity index (χ0n) is 13.7. The van der Waals surface area contributed by atoms with Crippen LogP contribution in [0.2, 0.25) is 0 Å². The van der Waals surface area contributed by atoms with Crippen molar-refractivity contribution < 1.29 is 9.90 Å². The van der Waals surface area contributed by atoms with Crippen LogP contribution in [0.3, 0.4) is 0 Å². The van der Waals surface area contributed by atoms with Gasteiger partial charge in [-0.05, 0) is 32.4 Å². The third-order valence-corrected chi connectivity index (χ3v) is 4.98. The molecule has 1 amide bonds. The molecule has 1 aromatic carbocycles. The molecule has 1 atom stereocenters. The molecule has 0 aromatic heterocycles. The van der Waals surface area contributed by atoms with Gasteiger partial charge in [-0.25, -0.2) is 0 Å². The predicted octanol–water partition coefficient (Wildman–Crippen LogP) is 1.93. The van der Waals surface area contributed by atoms with E-state index in [1.165, 1.54) is 18.4 Å². The van der Waals surface area contributed by atoms with E-state index in [0.717, 1.165) is 12.8 Å². The van der Waals surface area contributed by atoms with Crippen LogP contribution in [0.4, 0.5) is 0 Å². The lowest BCUT2D eigenvalue weighted by Gasteiger charge is -2.30. The number of nitrogens with zero attached hydrogens (tertiary/aromatic N) is 1. The summed E-state index contributed by atoms with van der Waals surface area (Å²) in [5, 5.41) is 12.2. The lowest BCUT2D eigenvalue weighted by Crippen LogP contribution is -2.45. The Morgan fingerprint density at radius 2 is 1.95 bits per heavy atom. The smallest absolute Gasteiger partial charge is 0.234 e. The summed E-state index contributed by atoms with van der Waals surface area (Å²) < 4.78 is 0. The molecule has 4 heteroatoms. The van der Waals surface area contributed by atoms with Crippen molar-refractivity contribution in [2.45, 2.75) is 44.1 Å². The molecular formula is C18H28N2O2. The summed E-state index contributed by atoms with van der Waals surface area (Å²) in [6.45, 7) is 3.01. The number of hydrogen-bond acceptors (Lipinski definition) is 3. The molecule has 1 saturated carbocycles. The van der Waals surface area contributed by atoms with E-state index in [0.29, 0.717) is 13.1 Å². The molecule has 0 radical (unpaired) electrons. The van der Waals surface area contributed by atoms with Crippen molar-refractivity contribution in [3.05, 3.63) is 35.9 Å². The van der Waals surface area contributed by atoms with Gasteiger partial charge in [-0.3, -0.25) is 9.69 Å². The normalized spacial score (nSPS) is 18.4. The second-order valence-corrected chi connectivity index (χ2v) is 6.58. The van der Waals surface area contributed by atoms with Gasteiger partial charge < -0.3 is 10.4 Å². The van der Waals surface area contributed by atoms with Crippen molar-refractivity contribution in [3.63, 3.8) is 0 Å². The summed E-state index contributed by atoms with van der Waals surface area (Å²) >= 11 is 0. The molecule has 1 fully saturated rings. The van der Waals surface area contributed by atoms with E-state index in [-0.39, 0.29) is 24.0 Å². The highest BCUT2D eigenvalue weighted by molar-refractivity contribution is 5.78. The Kier molecular flexibility index (Phi) is 5.98. The van der Waals surface area contributed by atoms with Crippen molar-refractivity contribution in [2.75, 3.05) is 26.7 Å². The first-order valence-electron chi connectivity index (χ1n) is 8.21. The topological polar surface area (TPSA) is 52.6 Å². The van der Waals surface area contributed by atoms with E-state index < -0.39 is 0 Å². The highest BCUT2D eigenvalue weighted by Gasteiger charge is 2.35. The third kappa shape index (κ3) is 4.08. The first-order valence-corrected chi connectivity index (χ1v) is 8.21. The fourth-order valence-electron chi connectivity index (χ4n) is 3.26. The van der Waals surface area contributed by atoms with Gasteiger partial charge in [-0.2, -0.15) is 0 Å². The minimum absolute atomic E-state index is 0.000291. The highest BCUT2D eigenvalue weighted by atomic mass is 16.3. The van der Waals surface area contributed by atoms with E-state index in [1.54, 1.807) is 0 Å². The number of aliphatic hydroxyl groups excluding tert-OH is 1. The first-order chi connectivity index (χ1) is 10.6. The van der Waals surface area contributed by atoms with Gasteiger partial charge in [0.15, 0.2) is 0 Å². The maximum atomic E-state index is 12.2. The number of benzene rings is 1. The Morgan fingerprint density at radius 1 is 1.32 bits per heavy atom. The summed E-state index contributed by atoms with van der Waals surface area (Å²) in [4.78, 5) is 14.0. The average molecular weight is 304 g/mol. The zero-order valence-corrected chi connectivity index (χ0v) is 13.7. The van der Waals surface area contributed by atoms with E-state index >= 15 is 0 Å². The van der Waals surface area contributed by atoms with Gasteiger partial charge >= 0.3 is 0 Å². The molecule has 0 heterocycles. The number of carbonyl (C=O) groups is 1. The summed E-state index contributed by atoms with van der Waals surface area (Å²) in [5.41, 5.74) is 1.43. The van der Waals surface area contributed by atoms with Crippen molar-refractivity contribution in [1.29, 1.82) is 0 Å². The van der Waals surface area contributed by atoms with Gasteiger partial charge in [0, 0.05) is 18.0 Å². The fraction of sp³-hybridized carbons (Fsp3) is 0.611. The van der Waals surface area contributed by atoms with Crippen LogP contribution >= 0.6 is 0 Å². The summed E-state index contributed by atoms with van der Waals surface area (Å²) in [6.07, 6.45) is 4.73. The largest absolute Gasteiger partial charge is 0.395 e. The molecule has 0 aliphatic heterocycles. The van der Waals surface area contributed by atoms with Crippen molar-refractivity contribution in [3.8, 4) is 0 Å². The average Bonchev–Trinajstić information content (AvgIpc) is 3.03. The van der Waals surface area contributed by atoms with Crippen LogP contribution in [0.25, 0.3) is 0 Å². The molecule has 1 aliphatic rings. The van der Waals surface area contributed by atoms with Crippen LogP contribution in [-0.2, 0) is 10.2 Å². The third-order valence-electron chi connectivity index (χ3n) is 4.98. The summed E-state index contributed by atoms with van der Waals surface area (Å²) in [6, 6.07) is 10.5. The molecule has 0 spiro atoms. The van der Waals surface area contributed by atoms with Crippen LogP contribution in [0.5, 0.6) is 0 Å². The minimum atomic E-state index is 0.000291. The quantitative estimate of drug-likeness (QED) is 0.809. The minimum Gasteiger partial charge on any atom is -0.395 e.